The molecule has 2 N–H and O–H groups in total. The van der Waals surface area contributed by atoms with E-state index in [-0.39, 0.29) is 5.91 Å². The predicted octanol–water partition coefficient (Wildman–Crippen LogP) is 2.40. The molecule has 20 heavy (non-hydrogen) atoms. The summed E-state index contributed by atoms with van der Waals surface area (Å²) >= 11 is 0. The fraction of sp³-hybridized carbons (Fsp3) is 0.562. The minimum absolute atomic E-state index is 0.0300. The SMILES string of the molecule is CCNC(C)c1ccc(OC(C)C(=O)NC2CC2)cc1. The van der Waals surface area contributed by atoms with Crippen molar-refractivity contribution in [2.45, 2.75) is 51.8 Å². The molecule has 1 saturated carbocycles. The van der Waals surface area contributed by atoms with Crippen LogP contribution in [0.5, 0.6) is 5.75 Å². The maximum atomic E-state index is 11.8. The average Bonchev–Trinajstić information content (AvgIpc) is 3.23. The van der Waals surface area contributed by atoms with E-state index in [0.29, 0.717) is 12.1 Å². The number of hydrogen-bond donors (Lipinski definition) is 2. The Bertz CT molecular complexity index is 440. The van der Waals surface area contributed by atoms with Gasteiger partial charge in [0.2, 0.25) is 0 Å². The van der Waals surface area contributed by atoms with Crippen molar-refractivity contribution in [2.75, 3.05) is 6.54 Å². The largest absolute Gasteiger partial charge is 0.481 e. The molecule has 0 aromatic heterocycles. The molecule has 0 bridgehead atoms. The summed E-state index contributed by atoms with van der Waals surface area (Å²) in [6.45, 7) is 6.95. The standard InChI is InChI=1S/C16H24N2O2/c1-4-17-11(2)13-5-9-15(10-6-13)20-12(3)16(19)18-14-7-8-14/h5-6,9-12,14,17H,4,7-8H2,1-3H3,(H,18,19). The average molecular weight is 276 g/mol. The van der Waals surface area contributed by atoms with Crippen LogP contribution in [0.3, 0.4) is 0 Å². The maximum Gasteiger partial charge on any atom is 0.260 e. The lowest BCUT2D eigenvalue weighted by Crippen LogP contribution is -2.37. The minimum Gasteiger partial charge on any atom is -0.481 e. The second kappa shape index (κ2) is 6.75. The molecule has 0 spiro atoms. The number of carbonyl (C=O) groups excluding carboxylic acids is 1. The van der Waals surface area contributed by atoms with Gasteiger partial charge >= 0.3 is 0 Å². The van der Waals surface area contributed by atoms with E-state index in [2.05, 4.69) is 24.5 Å². The number of rotatable bonds is 7. The molecule has 0 aliphatic heterocycles. The van der Waals surface area contributed by atoms with Gasteiger partial charge in [-0.3, -0.25) is 4.79 Å². The Labute approximate surface area is 120 Å². The van der Waals surface area contributed by atoms with E-state index in [1.807, 2.05) is 24.3 Å². The van der Waals surface area contributed by atoms with Crippen LogP contribution in [-0.4, -0.2) is 24.6 Å². The molecule has 110 valence electrons. The summed E-state index contributed by atoms with van der Waals surface area (Å²) in [5, 5.41) is 6.31. The molecule has 1 aliphatic rings. The van der Waals surface area contributed by atoms with E-state index in [4.69, 9.17) is 4.74 Å². The summed E-state index contributed by atoms with van der Waals surface area (Å²) in [4.78, 5) is 11.8. The van der Waals surface area contributed by atoms with Gasteiger partial charge in [0.05, 0.1) is 0 Å². The van der Waals surface area contributed by atoms with Crippen molar-refractivity contribution in [3.63, 3.8) is 0 Å². The van der Waals surface area contributed by atoms with E-state index in [0.717, 1.165) is 25.1 Å². The van der Waals surface area contributed by atoms with Gasteiger partial charge in [-0.05, 0) is 50.9 Å². The van der Waals surface area contributed by atoms with Gasteiger partial charge in [0, 0.05) is 12.1 Å². The van der Waals surface area contributed by atoms with Crippen molar-refractivity contribution in [1.82, 2.24) is 10.6 Å². The quantitative estimate of drug-likeness (QED) is 0.804. The Morgan fingerprint density at radius 1 is 1.30 bits per heavy atom. The van der Waals surface area contributed by atoms with Crippen molar-refractivity contribution in [3.8, 4) is 5.75 Å². The van der Waals surface area contributed by atoms with Crippen LogP contribution >= 0.6 is 0 Å². The van der Waals surface area contributed by atoms with Crippen LogP contribution in [0.2, 0.25) is 0 Å². The van der Waals surface area contributed by atoms with Crippen LogP contribution in [0, 0.1) is 0 Å². The van der Waals surface area contributed by atoms with E-state index in [1.165, 1.54) is 5.56 Å². The molecule has 1 aliphatic carbocycles. The molecule has 2 unspecified atom stereocenters. The smallest absolute Gasteiger partial charge is 0.260 e. The first-order chi connectivity index (χ1) is 9.60. The fourth-order valence-electron chi connectivity index (χ4n) is 2.06. The number of nitrogens with one attached hydrogen (secondary N) is 2. The Morgan fingerprint density at radius 3 is 2.50 bits per heavy atom. The van der Waals surface area contributed by atoms with E-state index >= 15 is 0 Å². The molecule has 1 aromatic carbocycles. The Kier molecular flexibility index (Phi) is 5.01. The van der Waals surface area contributed by atoms with Gasteiger partial charge < -0.3 is 15.4 Å². The normalized spacial score (nSPS) is 17.4. The number of carbonyl (C=O) groups is 1. The van der Waals surface area contributed by atoms with Crippen LogP contribution in [0.1, 0.15) is 45.2 Å². The van der Waals surface area contributed by atoms with Crippen molar-refractivity contribution in [2.24, 2.45) is 0 Å². The van der Waals surface area contributed by atoms with E-state index in [9.17, 15) is 4.79 Å². The van der Waals surface area contributed by atoms with Crippen LogP contribution in [0.4, 0.5) is 0 Å². The molecule has 4 nitrogen and oxygen atoms in total. The summed E-state index contributed by atoms with van der Waals surface area (Å²) in [6, 6.07) is 8.61. The van der Waals surface area contributed by atoms with Crippen LogP contribution in [0.25, 0.3) is 0 Å². The van der Waals surface area contributed by atoms with Crippen molar-refractivity contribution < 1.29 is 9.53 Å². The van der Waals surface area contributed by atoms with Gasteiger partial charge in [0.25, 0.3) is 5.91 Å². The molecular formula is C16H24N2O2. The highest BCUT2D eigenvalue weighted by Crippen LogP contribution is 2.20. The first-order valence-corrected chi connectivity index (χ1v) is 7.40. The summed E-state index contributed by atoms with van der Waals surface area (Å²) in [6.07, 6.45) is 1.73. The lowest BCUT2D eigenvalue weighted by molar-refractivity contribution is -0.127. The first-order valence-electron chi connectivity index (χ1n) is 7.40. The zero-order valence-corrected chi connectivity index (χ0v) is 12.5. The Hall–Kier alpha value is -1.55. The number of ether oxygens (including phenoxy) is 1. The van der Waals surface area contributed by atoms with Gasteiger partial charge in [-0.25, -0.2) is 0 Å². The molecule has 0 radical (unpaired) electrons. The maximum absolute atomic E-state index is 11.8. The lowest BCUT2D eigenvalue weighted by atomic mass is 10.1. The molecule has 1 aromatic rings. The third kappa shape index (κ3) is 4.23. The molecule has 2 rings (SSSR count). The van der Waals surface area contributed by atoms with E-state index in [1.54, 1.807) is 6.92 Å². The van der Waals surface area contributed by atoms with Crippen LogP contribution < -0.4 is 15.4 Å². The molecule has 2 atom stereocenters. The topological polar surface area (TPSA) is 50.4 Å². The van der Waals surface area contributed by atoms with Gasteiger partial charge in [-0.2, -0.15) is 0 Å². The number of amides is 1. The van der Waals surface area contributed by atoms with Gasteiger partial charge in [0.15, 0.2) is 6.10 Å². The highest BCUT2D eigenvalue weighted by molar-refractivity contribution is 5.81. The highest BCUT2D eigenvalue weighted by Gasteiger charge is 2.26. The first kappa shape index (κ1) is 14.9. The number of hydrogen-bond acceptors (Lipinski definition) is 3. The summed E-state index contributed by atoms with van der Waals surface area (Å²) in [5.74, 6) is 0.702. The third-order valence-electron chi connectivity index (χ3n) is 3.50. The van der Waals surface area contributed by atoms with Crippen molar-refractivity contribution in [1.29, 1.82) is 0 Å². The lowest BCUT2D eigenvalue weighted by Gasteiger charge is -2.16. The minimum atomic E-state index is -0.451. The fourth-order valence-corrected chi connectivity index (χ4v) is 2.06. The summed E-state index contributed by atoms with van der Waals surface area (Å²) < 4.78 is 5.67. The van der Waals surface area contributed by atoms with Crippen LogP contribution in [-0.2, 0) is 4.79 Å². The Morgan fingerprint density at radius 2 is 1.95 bits per heavy atom. The van der Waals surface area contributed by atoms with Gasteiger partial charge in [0.1, 0.15) is 5.75 Å². The molecule has 1 amide bonds. The molecule has 1 fully saturated rings. The van der Waals surface area contributed by atoms with Crippen LogP contribution in [0.15, 0.2) is 24.3 Å². The molecule has 0 heterocycles. The van der Waals surface area contributed by atoms with Crippen molar-refractivity contribution >= 4 is 5.91 Å². The summed E-state index contributed by atoms with van der Waals surface area (Å²) in [5.41, 5.74) is 1.22. The zero-order valence-electron chi connectivity index (χ0n) is 12.5. The second-order valence-electron chi connectivity index (χ2n) is 5.39. The zero-order chi connectivity index (χ0) is 14.5. The van der Waals surface area contributed by atoms with E-state index < -0.39 is 6.10 Å². The monoisotopic (exact) mass is 276 g/mol. The Balaban J connectivity index is 1.87. The van der Waals surface area contributed by atoms with Gasteiger partial charge in [-0.15, -0.1) is 0 Å². The molecular weight excluding hydrogens is 252 g/mol. The van der Waals surface area contributed by atoms with Crippen molar-refractivity contribution in [3.05, 3.63) is 29.8 Å². The summed E-state index contributed by atoms with van der Waals surface area (Å²) in [7, 11) is 0. The third-order valence-corrected chi connectivity index (χ3v) is 3.50. The predicted molar refractivity (Wildman–Crippen MR) is 79.8 cm³/mol. The van der Waals surface area contributed by atoms with Gasteiger partial charge in [-0.1, -0.05) is 19.1 Å². The number of benzene rings is 1. The second-order valence-corrected chi connectivity index (χ2v) is 5.39. The highest BCUT2D eigenvalue weighted by atomic mass is 16.5. The molecule has 4 heteroatoms. The molecule has 0 saturated heterocycles.